The number of thiophene rings is 1. The molecule has 3 rings (SSSR count). The highest BCUT2D eigenvalue weighted by atomic mass is 32.1. The van der Waals surface area contributed by atoms with Crippen molar-refractivity contribution in [3.63, 3.8) is 0 Å². The van der Waals surface area contributed by atoms with E-state index >= 15 is 0 Å². The van der Waals surface area contributed by atoms with Crippen molar-refractivity contribution < 1.29 is 9.53 Å². The molecule has 0 radical (unpaired) electrons. The Morgan fingerprint density at radius 2 is 1.96 bits per heavy atom. The molecule has 1 N–H and O–H groups in total. The van der Waals surface area contributed by atoms with E-state index in [2.05, 4.69) is 34.6 Å². The largest absolute Gasteiger partial charge is 0.465 e. The van der Waals surface area contributed by atoms with Crippen molar-refractivity contribution in [1.29, 1.82) is 0 Å². The topological polar surface area (TPSA) is 51.2 Å². The van der Waals surface area contributed by atoms with Crippen LogP contribution in [-0.4, -0.2) is 24.6 Å². The lowest BCUT2D eigenvalue weighted by Gasteiger charge is -2.06. The van der Waals surface area contributed by atoms with Gasteiger partial charge in [0.25, 0.3) is 0 Å². The number of esters is 1. The minimum Gasteiger partial charge on any atom is -0.465 e. The molecule has 0 unspecified atom stereocenters. The van der Waals surface area contributed by atoms with E-state index in [4.69, 9.17) is 4.74 Å². The van der Waals surface area contributed by atoms with Crippen molar-refractivity contribution in [2.45, 2.75) is 12.8 Å². The fourth-order valence-electron chi connectivity index (χ4n) is 2.50. The first-order valence-electron chi connectivity index (χ1n) is 8.18. The van der Waals surface area contributed by atoms with E-state index in [0.29, 0.717) is 4.88 Å². The molecule has 2 aromatic heterocycles. The normalized spacial score (nSPS) is 10.4. The Morgan fingerprint density at radius 1 is 1.12 bits per heavy atom. The molecule has 2 heterocycles. The maximum absolute atomic E-state index is 11.5. The number of rotatable bonds is 7. The molecule has 0 atom stereocenters. The lowest BCUT2D eigenvalue weighted by Crippen LogP contribution is -2.03. The molecule has 0 bridgehead atoms. The van der Waals surface area contributed by atoms with E-state index in [9.17, 15) is 4.79 Å². The van der Waals surface area contributed by atoms with Crippen molar-refractivity contribution in [2.75, 3.05) is 19.0 Å². The highest BCUT2D eigenvalue weighted by molar-refractivity contribution is 7.17. The first-order valence-corrected chi connectivity index (χ1v) is 9.00. The fourth-order valence-corrected chi connectivity index (χ4v) is 3.40. The number of nitrogens with zero attached hydrogens (tertiary/aromatic N) is 1. The van der Waals surface area contributed by atoms with Crippen LogP contribution in [0.1, 0.15) is 21.7 Å². The highest BCUT2D eigenvalue weighted by Crippen LogP contribution is 2.27. The summed E-state index contributed by atoms with van der Waals surface area (Å²) in [7, 11) is 1.39. The van der Waals surface area contributed by atoms with Gasteiger partial charge in [-0.05, 0) is 42.7 Å². The smallest absolute Gasteiger partial charge is 0.348 e. The number of aryl methyl sites for hydroxylation is 1. The number of nitrogens with one attached hydrogen (secondary N) is 1. The van der Waals surface area contributed by atoms with Crippen molar-refractivity contribution in [3.8, 4) is 10.6 Å². The predicted molar refractivity (Wildman–Crippen MR) is 102 cm³/mol. The molecular formula is C20H20N2O2S. The zero-order valence-corrected chi connectivity index (χ0v) is 14.9. The first-order chi connectivity index (χ1) is 12.3. The van der Waals surface area contributed by atoms with Crippen LogP contribution in [0.15, 0.2) is 60.8 Å². The molecule has 0 spiro atoms. The molecule has 0 aliphatic carbocycles. The van der Waals surface area contributed by atoms with Gasteiger partial charge in [0.1, 0.15) is 4.88 Å². The molecule has 128 valence electrons. The first kappa shape index (κ1) is 17.2. The standard InChI is InChI=1S/C20H20N2O2S/c1-24-20(23)19-12-11-18(25-19)17-10-9-16(14-22-17)21-13-5-8-15-6-3-2-4-7-15/h2-4,6-7,9-12,14,21H,5,8,13H2,1H3. The average Bonchev–Trinajstić information content (AvgIpc) is 3.16. The van der Waals surface area contributed by atoms with Crippen LogP contribution in [0.2, 0.25) is 0 Å². The summed E-state index contributed by atoms with van der Waals surface area (Å²) in [6.45, 7) is 0.904. The van der Waals surface area contributed by atoms with Crippen LogP contribution in [-0.2, 0) is 11.2 Å². The molecule has 4 nitrogen and oxygen atoms in total. The number of ether oxygens (including phenoxy) is 1. The summed E-state index contributed by atoms with van der Waals surface area (Å²) in [5.74, 6) is -0.312. The second kappa shape index (κ2) is 8.44. The zero-order chi connectivity index (χ0) is 17.5. The number of carbonyl (C=O) groups is 1. The Bertz CT molecular complexity index is 813. The maximum Gasteiger partial charge on any atom is 0.348 e. The van der Waals surface area contributed by atoms with Crippen LogP contribution in [0.25, 0.3) is 10.6 Å². The number of hydrogen-bond donors (Lipinski definition) is 1. The molecule has 5 heteroatoms. The second-order valence-electron chi connectivity index (χ2n) is 5.60. The Morgan fingerprint density at radius 3 is 2.68 bits per heavy atom. The molecular weight excluding hydrogens is 332 g/mol. The Kier molecular flexibility index (Phi) is 5.80. The van der Waals surface area contributed by atoms with Gasteiger partial charge in [0, 0.05) is 6.54 Å². The van der Waals surface area contributed by atoms with E-state index in [1.807, 2.05) is 30.5 Å². The van der Waals surface area contributed by atoms with Gasteiger partial charge in [-0.2, -0.15) is 0 Å². The molecule has 3 aromatic rings. The molecule has 25 heavy (non-hydrogen) atoms. The van der Waals surface area contributed by atoms with Crippen LogP contribution in [0.4, 0.5) is 5.69 Å². The van der Waals surface area contributed by atoms with Gasteiger partial charge in [-0.1, -0.05) is 30.3 Å². The summed E-state index contributed by atoms with van der Waals surface area (Å²) < 4.78 is 4.73. The van der Waals surface area contributed by atoms with Crippen LogP contribution < -0.4 is 5.32 Å². The molecule has 0 aliphatic rings. The summed E-state index contributed by atoms with van der Waals surface area (Å²) in [4.78, 5) is 17.5. The predicted octanol–water partition coefficient (Wildman–Crippen LogP) is 4.64. The van der Waals surface area contributed by atoms with Gasteiger partial charge >= 0.3 is 5.97 Å². The van der Waals surface area contributed by atoms with E-state index in [1.165, 1.54) is 24.0 Å². The van der Waals surface area contributed by atoms with Crippen LogP contribution >= 0.6 is 11.3 Å². The highest BCUT2D eigenvalue weighted by Gasteiger charge is 2.10. The van der Waals surface area contributed by atoms with Crippen LogP contribution in [0, 0.1) is 0 Å². The third-order valence-corrected chi connectivity index (χ3v) is 4.91. The van der Waals surface area contributed by atoms with E-state index in [-0.39, 0.29) is 5.97 Å². The van der Waals surface area contributed by atoms with E-state index in [1.54, 1.807) is 6.07 Å². The number of methoxy groups -OCH3 is 1. The second-order valence-corrected chi connectivity index (χ2v) is 6.69. The third-order valence-electron chi connectivity index (χ3n) is 3.82. The Labute approximate surface area is 151 Å². The number of carbonyl (C=O) groups excluding carboxylic acids is 1. The average molecular weight is 352 g/mol. The van der Waals surface area contributed by atoms with Gasteiger partial charge in [-0.25, -0.2) is 4.79 Å². The van der Waals surface area contributed by atoms with Gasteiger partial charge in [-0.3, -0.25) is 4.98 Å². The lowest BCUT2D eigenvalue weighted by atomic mass is 10.1. The summed E-state index contributed by atoms with van der Waals surface area (Å²) in [6.07, 6.45) is 3.96. The molecule has 0 saturated carbocycles. The van der Waals surface area contributed by atoms with Gasteiger partial charge in [0.05, 0.1) is 29.6 Å². The minimum atomic E-state index is -0.312. The van der Waals surface area contributed by atoms with Gasteiger partial charge in [0.2, 0.25) is 0 Å². The summed E-state index contributed by atoms with van der Waals surface area (Å²) >= 11 is 1.39. The maximum atomic E-state index is 11.5. The fraction of sp³-hybridized carbons (Fsp3) is 0.200. The number of benzene rings is 1. The molecule has 0 amide bonds. The summed E-state index contributed by atoms with van der Waals surface area (Å²) in [5.41, 5.74) is 3.22. The Balaban J connectivity index is 1.52. The number of hydrogen-bond acceptors (Lipinski definition) is 5. The third kappa shape index (κ3) is 4.67. The van der Waals surface area contributed by atoms with Crippen molar-refractivity contribution >= 4 is 23.0 Å². The van der Waals surface area contributed by atoms with Gasteiger partial charge in [0.15, 0.2) is 0 Å². The van der Waals surface area contributed by atoms with Crippen LogP contribution in [0.3, 0.4) is 0 Å². The van der Waals surface area contributed by atoms with Crippen molar-refractivity contribution in [3.05, 3.63) is 71.2 Å². The number of aromatic nitrogens is 1. The summed E-state index contributed by atoms with van der Waals surface area (Å²) in [5, 5.41) is 3.39. The monoisotopic (exact) mass is 352 g/mol. The quantitative estimate of drug-likeness (QED) is 0.497. The van der Waals surface area contributed by atoms with Crippen molar-refractivity contribution in [1.82, 2.24) is 4.98 Å². The minimum absolute atomic E-state index is 0.312. The van der Waals surface area contributed by atoms with Crippen LogP contribution in [0.5, 0.6) is 0 Å². The van der Waals surface area contributed by atoms with Crippen molar-refractivity contribution in [2.24, 2.45) is 0 Å². The Hall–Kier alpha value is -2.66. The summed E-state index contributed by atoms with van der Waals surface area (Å²) in [6, 6.07) is 18.1. The molecule has 0 aliphatic heterocycles. The molecule has 0 saturated heterocycles. The molecule has 0 fully saturated rings. The number of pyridine rings is 1. The zero-order valence-electron chi connectivity index (χ0n) is 14.1. The SMILES string of the molecule is COC(=O)c1ccc(-c2ccc(NCCCc3ccccc3)cn2)s1. The molecule has 1 aromatic carbocycles. The van der Waals surface area contributed by atoms with E-state index in [0.717, 1.165) is 35.6 Å². The van der Waals surface area contributed by atoms with E-state index < -0.39 is 0 Å². The van der Waals surface area contributed by atoms with Gasteiger partial charge in [-0.15, -0.1) is 11.3 Å². The lowest BCUT2D eigenvalue weighted by molar-refractivity contribution is 0.0606. The number of anilines is 1. The van der Waals surface area contributed by atoms with Gasteiger partial charge < -0.3 is 10.1 Å².